The van der Waals surface area contributed by atoms with E-state index in [9.17, 15) is 50.4 Å². The molecule has 284 valence electrons. The molecule has 0 saturated heterocycles. The average molecular weight is 884 g/mol. The first-order valence-corrected chi connectivity index (χ1v) is 18.2. The number of rotatable bonds is 2. The summed E-state index contributed by atoms with van der Waals surface area (Å²) in [4.78, 5) is 25.4. The van der Waals surface area contributed by atoms with Gasteiger partial charge in [-0.3, -0.25) is 29.9 Å². The summed E-state index contributed by atoms with van der Waals surface area (Å²) in [6.07, 6.45) is 10.7. The van der Waals surface area contributed by atoms with Crippen molar-refractivity contribution in [2.45, 2.75) is 0 Å². The molecule has 0 spiro atoms. The fraction of sp³-hybridized carbons (Fsp3) is 0. The molecule has 7 rings (SSSR count). The largest absolute Gasteiger partial charge is 2.00 e. The molecular formula is C32H24F12N6P2Ru. The van der Waals surface area contributed by atoms with Gasteiger partial charge in [0.1, 0.15) is 0 Å². The van der Waals surface area contributed by atoms with Gasteiger partial charge in [0, 0.05) is 48.0 Å². The van der Waals surface area contributed by atoms with Crippen molar-refractivity contribution in [1.82, 2.24) is 29.9 Å². The Morgan fingerprint density at radius 2 is 0.509 bits per heavy atom. The van der Waals surface area contributed by atoms with Crippen molar-refractivity contribution in [1.29, 1.82) is 0 Å². The number of benzene rings is 1. The molecule has 0 radical (unpaired) electrons. The summed E-state index contributed by atoms with van der Waals surface area (Å²) in [6, 6.07) is 35.3. The minimum absolute atomic E-state index is 0. The van der Waals surface area contributed by atoms with Crippen LogP contribution in [0.5, 0.6) is 0 Å². The molecule has 53 heavy (non-hydrogen) atoms. The van der Waals surface area contributed by atoms with Gasteiger partial charge >= 0.3 is 85.5 Å². The predicted octanol–water partition coefficient (Wildman–Crippen LogP) is 13.8. The molecule has 6 nitrogen and oxygen atoms in total. The van der Waals surface area contributed by atoms with Crippen LogP contribution in [0.4, 0.5) is 50.4 Å². The van der Waals surface area contributed by atoms with E-state index >= 15 is 0 Å². The maximum atomic E-state index is 9.87. The first-order chi connectivity index (χ1) is 23.8. The fourth-order valence-electron chi connectivity index (χ4n) is 3.74. The van der Waals surface area contributed by atoms with E-state index in [0.29, 0.717) is 0 Å². The van der Waals surface area contributed by atoms with Gasteiger partial charge in [-0.15, -0.1) is 0 Å². The molecule has 1 aromatic carbocycles. The van der Waals surface area contributed by atoms with Gasteiger partial charge in [-0.2, -0.15) is 0 Å². The second-order valence-corrected chi connectivity index (χ2v) is 13.8. The summed E-state index contributed by atoms with van der Waals surface area (Å²) in [5, 5.41) is 2.28. The molecule has 0 amide bonds. The Labute approximate surface area is 305 Å². The number of fused-ring (bicyclic) bond motifs is 3. The third-order valence-corrected chi connectivity index (χ3v) is 5.53. The molecule has 0 atom stereocenters. The number of hydrogen-bond donors (Lipinski definition) is 0. The minimum Gasteiger partial charge on any atom is -0.255 e. The minimum atomic E-state index is -10.7. The summed E-state index contributed by atoms with van der Waals surface area (Å²) >= 11 is 0. The van der Waals surface area contributed by atoms with Gasteiger partial charge in [-0.1, -0.05) is 48.5 Å². The van der Waals surface area contributed by atoms with Gasteiger partial charge in [0.2, 0.25) is 0 Å². The Balaban J connectivity index is 0.000000235. The molecule has 0 unspecified atom stereocenters. The Morgan fingerprint density at radius 3 is 0.717 bits per heavy atom. The van der Waals surface area contributed by atoms with E-state index in [-0.39, 0.29) is 19.5 Å². The third kappa shape index (κ3) is 22.1. The van der Waals surface area contributed by atoms with Crippen molar-refractivity contribution >= 4 is 37.4 Å². The Kier molecular flexibility index (Phi) is 13.5. The number of nitrogens with zero attached hydrogens (tertiary/aromatic N) is 6. The summed E-state index contributed by atoms with van der Waals surface area (Å²) in [5.74, 6) is 0. The number of aromatic nitrogens is 6. The number of hydrogen-bond acceptors (Lipinski definition) is 6. The molecule has 6 aromatic heterocycles. The van der Waals surface area contributed by atoms with Crippen LogP contribution in [0.3, 0.4) is 0 Å². The van der Waals surface area contributed by atoms with E-state index in [1.807, 2.05) is 84.9 Å². The van der Waals surface area contributed by atoms with E-state index in [0.717, 1.165) is 44.6 Å². The topological polar surface area (TPSA) is 77.3 Å². The quantitative estimate of drug-likeness (QED) is 0.0745. The molecule has 21 heteroatoms. The van der Waals surface area contributed by atoms with Crippen molar-refractivity contribution in [2.75, 3.05) is 0 Å². The fourth-order valence-corrected chi connectivity index (χ4v) is 3.74. The predicted molar refractivity (Wildman–Crippen MR) is 179 cm³/mol. The maximum Gasteiger partial charge on any atom is 2.00 e. The zero-order valence-electron chi connectivity index (χ0n) is 26.3. The van der Waals surface area contributed by atoms with Crippen molar-refractivity contribution in [3.63, 3.8) is 0 Å². The van der Waals surface area contributed by atoms with Crippen molar-refractivity contribution in [3.8, 4) is 22.8 Å². The van der Waals surface area contributed by atoms with Gasteiger partial charge in [0.05, 0.1) is 33.8 Å². The van der Waals surface area contributed by atoms with E-state index < -0.39 is 15.6 Å². The average Bonchev–Trinajstić information content (AvgIpc) is 3.08. The smallest absolute Gasteiger partial charge is 0.255 e. The Bertz CT molecular complexity index is 1920. The third-order valence-electron chi connectivity index (χ3n) is 5.53. The molecule has 0 saturated carbocycles. The number of pyridine rings is 6. The second kappa shape index (κ2) is 16.1. The van der Waals surface area contributed by atoms with Crippen LogP contribution in [0.25, 0.3) is 44.6 Å². The summed E-state index contributed by atoms with van der Waals surface area (Å²) < 4.78 is 118. The molecule has 0 aliphatic carbocycles. The van der Waals surface area contributed by atoms with E-state index in [4.69, 9.17) is 0 Å². The maximum absolute atomic E-state index is 10.7. The summed E-state index contributed by atoms with van der Waals surface area (Å²) in [5.41, 5.74) is 5.61. The van der Waals surface area contributed by atoms with E-state index in [1.54, 1.807) is 37.2 Å². The molecule has 0 aliphatic heterocycles. The van der Waals surface area contributed by atoms with Crippen molar-refractivity contribution < 1.29 is 69.8 Å². The van der Waals surface area contributed by atoms with Crippen LogP contribution in [0, 0.1) is 0 Å². The normalized spacial score (nSPS) is 13.4. The molecule has 0 bridgehead atoms. The zero-order valence-corrected chi connectivity index (χ0v) is 29.9. The second-order valence-electron chi connectivity index (χ2n) is 9.99. The molecule has 0 N–H and O–H groups in total. The molecular weight excluding hydrogens is 859 g/mol. The Hall–Kier alpha value is -4.72. The van der Waals surface area contributed by atoms with Crippen LogP contribution in [0.1, 0.15) is 0 Å². The molecule has 7 aromatic rings. The molecule has 6 heterocycles. The van der Waals surface area contributed by atoms with Gasteiger partial charge < -0.3 is 0 Å². The van der Waals surface area contributed by atoms with Crippen LogP contribution < -0.4 is 0 Å². The van der Waals surface area contributed by atoms with Crippen LogP contribution >= 0.6 is 15.6 Å². The van der Waals surface area contributed by atoms with Crippen LogP contribution in [-0.4, -0.2) is 29.9 Å². The van der Waals surface area contributed by atoms with Gasteiger partial charge in [0.25, 0.3) is 0 Å². The summed E-state index contributed by atoms with van der Waals surface area (Å²) in [7, 11) is -21.3. The van der Waals surface area contributed by atoms with Crippen LogP contribution in [0.15, 0.2) is 146 Å². The van der Waals surface area contributed by atoms with Crippen LogP contribution in [0.2, 0.25) is 0 Å². The molecule has 0 aliphatic rings. The van der Waals surface area contributed by atoms with Crippen LogP contribution in [-0.2, 0) is 19.5 Å². The Morgan fingerprint density at radius 1 is 0.283 bits per heavy atom. The number of halogens is 12. The van der Waals surface area contributed by atoms with Crippen molar-refractivity contribution in [3.05, 3.63) is 146 Å². The monoisotopic (exact) mass is 884 g/mol. The van der Waals surface area contributed by atoms with E-state index in [1.165, 1.54) is 0 Å². The van der Waals surface area contributed by atoms with E-state index in [2.05, 4.69) is 54.2 Å². The molecule has 0 fully saturated rings. The van der Waals surface area contributed by atoms with Gasteiger partial charge in [-0.25, -0.2) is 0 Å². The first-order valence-electron chi connectivity index (χ1n) is 14.1. The standard InChI is InChI=1S/C12H8N2.2C10H8N2.2F6P.Ru/c1-3-9-5-6-10-4-2-8-14-12(10)11(9)13-7-1;2*1-3-7-11-9(5-1)10-6-2-4-8-12-10;2*1-7(2,3,4,5)6;/h1-8H;2*1-8H;;;/q;;;2*-1;+2. The summed E-state index contributed by atoms with van der Waals surface area (Å²) in [6.45, 7) is 0. The van der Waals surface area contributed by atoms with Gasteiger partial charge in [-0.05, 0) is 60.7 Å². The first kappa shape index (κ1) is 44.4. The van der Waals surface area contributed by atoms with Gasteiger partial charge in [0.15, 0.2) is 0 Å². The zero-order chi connectivity index (χ0) is 38.6. The van der Waals surface area contributed by atoms with Crippen molar-refractivity contribution in [2.24, 2.45) is 0 Å². The SMILES string of the molecule is F[P-](F)(F)(F)(F)F.F[P-](F)(F)(F)(F)F.[Ru+2].c1ccc(-c2ccccn2)nc1.c1ccc(-c2ccccn2)nc1.c1cnc2c(c1)ccc1cccnc12.